The van der Waals surface area contributed by atoms with Gasteiger partial charge >= 0.3 is 0 Å². The first-order valence-electron chi connectivity index (χ1n) is 11.8. The predicted molar refractivity (Wildman–Crippen MR) is 130 cm³/mol. The zero-order valence-electron chi connectivity index (χ0n) is 19.9. The van der Waals surface area contributed by atoms with Crippen LogP contribution in [0.15, 0.2) is 36.7 Å². The van der Waals surface area contributed by atoms with Gasteiger partial charge in [0.2, 0.25) is 11.8 Å². The van der Waals surface area contributed by atoms with Gasteiger partial charge in [-0.15, -0.1) is 0 Å². The Balaban J connectivity index is 1.27. The van der Waals surface area contributed by atoms with Crippen LogP contribution in [-0.2, 0) is 4.79 Å². The zero-order valence-corrected chi connectivity index (χ0v) is 20.7. The van der Waals surface area contributed by atoms with Crippen LogP contribution in [-0.4, -0.2) is 56.1 Å². The van der Waals surface area contributed by atoms with Crippen molar-refractivity contribution in [1.82, 2.24) is 30.4 Å². The number of H-pyrrole nitrogens is 1. The SMILES string of the molecule is COc1cc(-c2cc(C(=O)N3CC[C@H](C(=O)N[C@@H](C)c4ncccc4Cl)CC34CC4)n[nH]2)c(F)cn1. The Morgan fingerprint density at radius 3 is 2.86 bits per heavy atom. The minimum Gasteiger partial charge on any atom is -0.481 e. The fraction of sp³-hybridized carbons (Fsp3) is 0.400. The zero-order chi connectivity index (χ0) is 25.4. The van der Waals surface area contributed by atoms with Gasteiger partial charge in [-0.3, -0.25) is 19.7 Å². The number of carbonyl (C=O) groups is 2. The van der Waals surface area contributed by atoms with Crippen LogP contribution < -0.4 is 10.1 Å². The Bertz CT molecular complexity index is 1310. The van der Waals surface area contributed by atoms with E-state index in [2.05, 4.69) is 25.5 Å². The van der Waals surface area contributed by atoms with Crippen LogP contribution in [0.3, 0.4) is 0 Å². The van der Waals surface area contributed by atoms with Crippen molar-refractivity contribution in [3.63, 3.8) is 0 Å². The molecule has 1 spiro atoms. The Morgan fingerprint density at radius 1 is 1.33 bits per heavy atom. The number of carbonyl (C=O) groups excluding carboxylic acids is 2. The predicted octanol–water partition coefficient (Wildman–Crippen LogP) is 3.93. The number of pyridine rings is 2. The quantitative estimate of drug-likeness (QED) is 0.517. The molecule has 1 saturated carbocycles. The van der Waals surface area contributed by atoms with E-state index in [1.165, 1.54) is 19.2 Å². The fourth-order valence-corrected chi connectivity index (χ4v) is 5.20. The van der Waals surface area contributed by atoms with Gasteiger partial charge < -0.3 is 15.0 Å². The number of aromatic nitrogens is 4. The van der Waals surface area contributed by atoms with Crippen LogP contribution in [0, 0.1) is 11.7 Å². The summed E-state index contributed by atoms with van der Waals surface area (Å²) in [5, 5.41) is 10.4. The third-order valence-electron chi connectivity index (χ3n) is 7.03. The van der Waals surface area contributed by atoms with Crippen LogP contribution in [0.1, 0.15) is 54.8 Å². The summed E-state index contributed by atoms with van der Waals surface area (Å²) < 4.78 is 19.4. The second-order valence-electron chi connectivity index (χ2n) is 9.34. The maximum absolute atomic E-state index is 14.3. The largest absolute Gasteiger partial charge is 0.481 e. The van der Waals surface area contributed by atoms with Gasteiger partial charge in [0.25, 0.3) is 5.91 Å². The van der Waals surface area contributed by atoms with Gasteiger partial charge in [0.05, 0.1) is 35.8 Å². The Labute approximate surface area is 212 Å². The highest BCUT2D eigenvalue weighted by Gasteiger charge is 2.54. The van der Waals surface area contributed by atoms with E-state index in [1.807, 2.05) is 11.8 Å². The van der Waals surface area contributed by atoms with E-state index in [0.29, 0.717) is 35.8 Å². The van der Waals surface area contributed by atoms with E-state index in [0.717, 1.165) is 19.0 Å². The van der Waals surface area contributed by atoms with Crippen LogP contribution in [0.25, 0.3) is 11.3 Å². The molecular formula is C25H26ClFN6O3. The number of piperidine rings is 1. The molecule has 2 N–H and O–H groups in total. The number of nitrogens with zero attached hydrogens (tertiary/aromatic N) is 4. The molecule has 1 saturated heterocycles. The second kappa shape index (κ2) is 9.50. The van der Waals surface area contributed by atoms with E-state index < -0.39 is 5.82 Å². The van der Waals surface area contributed by atoms with Crippen molar-refractivity contribution in [3.05, 3.63) is 58.9 Å². The Morgan fingerprint density at radius 2 is 2.14 bits per heavy atom. The summed E-state index contributed by atoms with van der Waals surface area (Å²) in [6, 6.07) is 6.15. The number of likely N-dealkylation sites (tertiary alicyclic amines) is 1. The molecule has 36 heavy (non-hydrogen) atoms. The summed E-state index contributed by atoms with van der Waals surface area (Å²) in [7, 11) is 1.44. The molecule has 11 heteroatoms. The fourth-order valence-electron chi connectivity index (χ4n) is 4.91. The van der Waals surface area contributed by atoms with Crippen molar-refractivity contribution in [2.75, 3.05) is 13.7 Å². The number of hydrogen-bond acceptors (Lipinski definition) is 6. The molecule has 0 unspecified atom stereocenters. The van der Waals surface area contributed by atoms with Crippen LogP contribution in [0.4, 0.5) is 4.39 Å². The number of methoxy groups -OCH3 is 1. The van der Waals surface area contributed by atoms with Gasteiger partial charge in [-0.1, -0.05) is 11.6 Å². The van der Waals surface area contributed by atoms with Gasteiger partial charge in [0.15, 0.2) is 11.5 Å². The lowest BCUT2D eigenvalue weighted by Gasteiger charge is -2.39. The molecule has 3 aromatic rings. The summed E-state index contributed by atoms with van der Waals surface area (Å²) in [5.41, 5.74) is 1.05. The summed E-state index contributed by atoms with van der Waals surface area (Å²) in [5.74, 6) is -0.804. The molecule has 3 aromatic heterocycles. The van der Waals surface area contributed by atoms with Crippen molar-refractivity contribution >= 4 is 23.4 Å². The minimum absolute atomic E-state index is 0.0632. The van der Waals surface area contributed by atoms with Gasteiger partial charge in [-0.25, -0.2) is 9.37 Å². The minimum atomic E-state index is -0.551. The summed E-state index contributed by atoms with van der Waals surface area (Å²) in [6.07, 6.45) is 5.49. The highest BCUT2D eigenvalue weighted by molar-refractivity contribution is 6.31. The van der Waals surface area contributed by atoms with Crippen molar-refractivity contribution in [2.24, 2.45) is 5.92 Å². The number of rotatable bonds is 6. The molecule has 2 fully saturated rings. The monoisotopic (exact) mass is 512 g/mol. The number of amides is 2. The van der Waals surface area contributed by atoms with E-state index in [9.17, 15) is 14.0 Å². The molecule has 0 bridgehead atoms. The third-order valence-corrected chi connectivity index (χ3v) is 7.35. The number of aromatic amines is 1. The highest BCUT2D eigenvalue weighted by atomic mass is 35.5. The maximum atomic E-state index is 14.3. The number of ether oxygens (including phenoxy) is 1. The summed E-state index contributed by atoms with van der Waals surface area (Å²) in [6.45, 7) is 2.29. The molecule has 2 aliphatic rings. The lowest BCUT2D eigenvalue weighted by Crippen LogP contribution is -2.51. The molecule has 1 aliphatic carbocycles. The van der Waals surface area contributed by atoms with Crippen molar-refractivity contribution < 1.29 is 18.7 Å². The number of nitrogens with one attached hydrogen (secondary N) is 2. The first kappa shape index (κ1) is 24.2. The maximum Gasteiger partial charge on any atom is 0.274 e. The van der Waals surface area contributed by atoms with E-state index in [1.54, 1.807) is 18.3 Å². The average Bonchev–Trinajstić information content (AvgIpc) is 3.45. The van der Waals surface area contributed by atoms with Crippen molar-refractivity contribution in [3.8, 4) is 17.1 Å². The molecular weight excluding hydrogens is 487 g/mol. The van der Waals surface area contributed by atoms with Crippen LogP contribution in [0.5, 0.6) is 5.88 Å². The normalized spacial score (nSPS) is 19.1. The smallest absolute Gasteiger partial charge is 0.274 e. The molecule has 5 rings (SSSR count). The lowest BCUT2D eigenvalue weighted by molar-refractivity contribution is -0.128. The molecule has 0 radical (unpaired) electrons. The molecule has 4 heterocycles. The van der Waals surface area contributed by atoms with Crippen LogP contribution in [0.2, 0.25) is 5.02 Å². The number of hydrogen-bond donors (Lipinski definition) is 2. The second-order valence-corrected chi connectivity index (χ2v) is 9.75. The summed E-state index contributed by atoms with van der Waals surface area (Å²) >= 11 is 6.22. The Kier molecular flexibility index (Phi) is 6.38. The lowest BCUT2D eigenvalue weighted by atomic mass is 9.87. The van der Waals surface area contributed by atoms with E-state index in [-0.39, 0.29) is 46.5 Å². The van der Waals surface area contributed by atoms with E-state index in [4.69, 9.17) is 16.3 Å². The molecule has 2 atom stereocenters. The summed E-state index contributed by atoms with van der Waals surface area (Å²) in [4.78, 5) is 36.4. The van der Waals surface area contributed by atoms with Gasteiger partial charge in [-0.2, -0.15) is 5.10 Å². The van der Waals surface area contributed by atoms with Crippen molar-refractivity contribution in [1.29, 1.82) is 0 Å². The van der Waals surface area contributed by atoms with Gasteiger partial charge in [-0.05, 0) is 50.8 Å². The van der Waals surface area contributed by atoms with Crippen LogP contribution >= 0.6 is 11.6 Å². The molecule has 9 nitrogen and oxygen atoms in total. The standard InChI is InChI=1S/C25H26ClFN6O3/c1-14(22-17(26)4-3-8-28-22)30-23(34)15-5-9-33(25(12-15)6-7-25)24(35)20-11-19(31-32-20)16-10-21(36-2)29-13-18(16)27/h3-4,8,10-11,13-15H,5-7,9,12H2,1-2H3,(H,30,34)(H,31,32)/t14-,15-/m0/s1. The molecule has 0 aromatic carbocycles. The number of halogens is 2. The first-order chi connectivity index (χ1) is 17.3. The highest BCUT2D eigenvalue weighted by Crippen LogP contribution is 2.50. The van der Waals surface area contributed by atoms with Gasteiger partial charge in [0.1, 0.15) is 0 Å². The molecule has 2 amide bonds. The Hall–Kier alpha value is -3.53. The van der Waals surface area contributed by atoms with E-state index >= 15 is 0 Å². The first-order valence-corrected chi connectivity index (χ1v) is 12.2. The average molecular weight is 513 g/mol. The molecule has 1 aliphatic heterocycles. The van der Waals surface area contributed by atoms with Gasteiger partial charge in [0, 0.05) is 35.8 Å². The molecule has 188 valence electrons. The van der Waals surface area contributed by atoms with Crippen molar-refractivity contribution in [2.45, 2.75) is 44.2 Å². The third kappa shape index (κ3) is 4.53. The topological polar surface area (TPSA) is 113 Å².